The number of hydrogen-bond donors (Lipinski definition) is 1. The maximum atomic E-state index is 11.1. The molecule has 2 rings (SSSR count). The molecule has 0 aliphatic rings. The van der Waals surface area contributed by atoms with Crippen molar-refractivity contribution in [1.29, 1.82) is 0 Å². The molecule has 1 aromatic heterocycles. The molecule has 1 aromatic carbocycles. The van der Waals surface area contributed by atoms with Crippen LogP contribution in [0.2, 0.25) is 0 Å². The van der Waals surface area contributed by atoms with Crippen molar-refractivity contribution in [1.82, 2.24) is 9.97 Å². The van der Waals surface area contributed by atoms with Gasteiger partial charge in [0.05, 0.1) is 32.5 Å². The average molecular weight is 260 g/mol. The van der Waals surface area contributed by atoms with Gasteiger partial charge in [0, 0.05) is 6.42 Å². The van der Waals surface area contributed by atoms with Gasteiger partial charge in [0.15, 0.2) is 0 Å². The molecule has 19 heavy (non-hydrogen) atoms. The predicted octanol–water partition coefficient (Wildman–Crippen LogP) is 2.19. The lowest BCUT2D eigenvalue weighted by molar-refractivity contribution is -0.140. The van der Waals surface area contributed by atoms with Gasteiger partial charge in [-0.15, -0.1) is 0 Å². The van der Waals surface area contributed by atoms with E-state index in [4.69, 9.17) is 4.74 Å². The third-order valence-electron chi connectivity index (χ3n) is 2.82. The van der Waals surface area contributed by atoms with Crippen LogP contribution in [0.3, 0.4) is 0 Å². The first-order chi connectivity index (χ1) is 9.22. The molecule has 5 heteroatoms. The summed E-state index contributed by atoms with van der Waals surface area (Å²) >= 11 is 0. The van der Waals surface area contributed by atoms with Crippen LogP contribution in [-0.2, 0) is 16.0 Å². The highest BCUT2D eigenvalue weighted by Gasteiger charge is 2.06. The van der Waals surface area contributed by atoms with Gasteiger partial charge in [0.25, 0.3) is 0 Å². The Labute approximate surface area is 111 Å². The fourth-order valence-corrected chi connectivity index (χ4v) is 1.73. The van der Waals surface area contributed by atoms with Crippen molar-refractivity contribution < 1.29 is 14.3 Å². The number of ether oxygens (including phenoxy) is 2. The van der Waals surface area contributed by atoms with Crippen molar-refractivity contribution in [3.8, 4) is 17.0 Å². The monoisotopic (exact) mass is 260 g/mol. The van der Waals surface area contributed by atoms with Gasteiger partial charge in [-0.05, 0) is 29.8 Å². The van der Waals surface area contributed by atoms with Crippen LogP contribution < -0.4 is 4.74 Å². The number of rotatable bonds is 5. The first-order valence-corrected chi connectivity index (χ1v) is 5.98. The molecule has 0 fully saturated rings. The standard InChI is InChI=1S/C14H16N2O3/c1-18-11-5-3-10(4-6-11)12-9-15-13(16-12)7-8-14(17)19-2/h3-6,9H,7-8H2,1-2H3,(H,15,16). The van der Waals surface area contributed by atoms with Crippen molar-refractivity contribution in [3.63, 3.8) is 0 Å². The fraction of sp³-hybridized carbons (Fsp3) is 0.286. The van der Waals surface area contributed by atoms with E-state index in [1.165, 1.54) is 7.11 Å². The lowest BCUT2D eigenvalue weighted by Crippen LogP contribution is -2.02. The summed E-state index contributed by atoms with van der Waals surface area (Å²) in [4.78, 5) is 18.5. The first kappa shape index (κ1) is 13.1. The zero-order valence-corrected chi connectivity index (χ0v) is 11.0. The molecule has 100 valence electrons. The number of imidazole rings is 1. The highest BCUT2D eigenvalue weighted by atomic mass is 16.5. The van der Waals surface area contributed by atoms with Crippen LogP contribution in [0.25, 0.3) is 11.3 Å². The van der Waals surface area contributed by atoms with Gasteiger partial charge < -0.3 is 14.5 Å². The summed E-state index contributed by atoms with van der Waals surface area (Å²) in [5.41, 5.74) is 1.94. The molecule has 0 spiro atoms. The van der Waals surface area contributed by atoms with Crippen molar-refractivity contribution in [2.24, 2.45) is 0 Å². The van der Waals surface area contributed by atoms with E-state index in [1.54, 1.807) is 13.3 Å². The second kappa shape index (κ2) is 6.04. The summed E-state index contributed by atoms with van der Waals surface area (Å²) in [5.74, 6) is 1.35. The highest BCUT2D eigenvalue weighted by Crippen LogP contribution is 2.20. The summed E-state index contributed by atoms with van der Waals surface area (Å²) < 4.78 is 9.70. The molecule has 0 atom stereocenters. The largest absolute Gasteiger partial charge is 0.497 e. The summed E-state index contributed by atoms with van der Waals surface area (Å²) in [6, 6.07) is 7.70. The molecule has 0 unspecified atom stereocenters. The minimum absolute atomic E-state index is 0.234. The zero-order valence-electron chi connectivity index (χ0n) is 11.0. The maximum absolute atomic E-state index is 11.1. The van der Waals surface area contributed by atoms with Gasteiger partial charge in [0.1, 0.15) is 11.6 Å². The number of nitrogens with one attached hydrogen (secondary N) is 1. The second-order valence-corrected chi connectivity index (χ2v) is 4.05. The molecule has 1 heterocycles. The molecule has 0 saturated carbocycles. The van der Waals surface area contributed by atoms with Crippen molar-refractivity contribution in [2.75, 3.05) is 14.2 Å². The van der Waals surface area contributed by atoms with Gasteiger partial charge in [-0.2, -0.15) is 0 Å². The first-order valence-electron chi connectivity index (χ1n) is 5.98. The SMILES string of the molecule is COC(=O)CCc1ncc(-c2ccc(OC)cc2)[nH]1. The van der Waals surface area contributed by atoms with Gasteiger partial charge >= 0.3 is 5.97 Å². The summed E-state index contributed by atoms with van der Waals surface area (Å²) in [5, 5.41) is 0. The molecule has 5 nitrogen and oxygen atoms in total. The molecule has 0 amide bonds. The molecule has 2 aromatic rings. The molecule has 0 bridgehead atoms. The topological polar surface area (TPSA) is 64.2 Å². The third kappa shape index (κ3) is 3.34. The third-order valence-corrected chi connectivity index (χ3v) is 2.82. The Morgan fingerprint density at radius 2 is 2.00 bits per heavy atom. The Morgan fingerprint density at radius 3 is 2.63 bits per heavy atom. The van der Waals surface area contributed by atoms with E-state index in [-0.39, 0.29) is 5.97 Å². The summed E-state index contributed by atoms with van der Waals surface area (Å²) in [6.45, 7) is 0. The number of aromatic amines is 1. The van der Waals surface area contributed by atoms with E-state index in [0.717, 1.165) is 22.8 Å². The van der Waals surface area contributed by atoms with Gasteiger partial charge in [-0.3, -0.25) is 4.79 Å². The van der Waals surface area contributed by atoms with Crippen LogP contribution in [0.15, 0.2) is 30.5 Å². The van der Waals surface area contributed by atoms with Gasteiger partial charge in [0.2, 0.25) is 0 Å². The Balaban J connectivity index is 2.05. The number of nitrogens with zero attached hydrogens (tertiary/aromatic N) is 1. The van der Waals surface area contributed by atoms with Crippen LogP contribution in [-0.4, -0.2) is 30.2 Å². The van der Waals surface area contributed by atoms with Gasteiger partial charge in [-0.25, -0.2) is 4.98 Å². The average Bonchev–Trinajstić information content (AvgIpc) is 2.93. The minimum Gasteiger partial charge on any atom is -0.497 e. The number of H-pyrrole nitrogens is 1. The lowest BCUT2D eigenvalue weighted by atomic mass is 10.2. The number of benzene rings is 1. The van der Waals surface area contributed by atoms with Crippen LogP contribution in [0.5, 0.6) is 5.75 Å². The molecule has 1 N–H and O–H groups in total. The Morgan fingerprint density at radius 1 is 1.26 bits per heavy atom. The molecule has 0 aliphatic carbocycles. The van der Waals surface area contributed by atoms with E-state index < -0.39 is 0 Å². The van der Waals surface area contributed by atoms with Crippen molar-refractivity contribution in [2.45, 2.75) is 12.8 Å². The smallest absolute Gasteiger partial charge is 0.305 e. The fourth-order valence-electron chi connectivity index (χ4n) is 1.73. The van der Waals surface area contributed by atoms with E-state index >= 15 is 0 Å². The van der Waals surface area contributed by atoms with Crippen molar-refractivity contribution >= 4 is 5.97 Å². The van der Waals surface area contributed by atoms with E-state index in [0.29, 0.717) is 12.8 Å². The number of carbonyl (C=O) groups is 1. The molecule has 0 saturated heterocycles. The number of hydrogen-bond acceptors (Lipinski definition) is 4. The number of aryl methyl sites for hydroxylation is 1. The van der Waals surface area contributed by atoms with E-state index in [9.17, 15) is 4.79 Å². The molecular formula is C14H16N2O3. The van der Waals surface area contributed by atoms with E-state index in [1.807, 2.05) is 24.3 Å². The maximum Gasteiger partial charge on any atom is 0.305 e. The van der Waals surface area contributed by atoms with Crippen LogP contribution in [0.4, 0.5) is 0 Å². The predicted molar refractivity (Wildman–Crippen MR) is 70.9 cm³/mol. The molecule has 0 aliphatic heterocycles. The number of aromatic nitrogens is 2. The summed E-state index contributed by atoms with van der Waals surface area (Å²) in [6.07, 6.45) is 2.63. The van der Waals surface area contributed by atoms with Crippen LogP contribution >= 0.6 is 0 Å². The number of methoxy groups -OCH3 is 2. The zero-order chi connectivity index (χ0) is 13.7. The number of carbonyl (C=O) groups excluding carboxylic acids is 1. The quantitative estimate of drug-likeness (QED) is 0.837. The highest BCUT2D eigenvalue weighted by molar-refractivity contribution is 5.69. The van der Waals surface area contributed by atoms with Gasteiger partial charge in [-0.1, -0.05) is 0 Å². The lowest BCUT2D eigenvalue weighted by Gasteiger charge is -2.01. The Kier molecular flexibility index (Phi) is 4.18. The number of esters is 1. The second-order valence-electron chi connectivity index (χ2n) is 4.05. The van der Waals surface area contributed by atoms with Crippen LogP contribution in [0.1, 0.15) is 12.2 Å². The van der Waals surface area contributed by atoms with E-state index in [2.05, 4.69) is 14.7 Å². The summed E-state index contributed by atoms with van der Waals surface area (Å²) in [7, 11) is 3.02. The minimum atomic E-state index is -0.234. The van der Waals surface area contributed by atoms with Crippen LogP contribution in [0, 0.1) is 0 Å². The Bertz CT molecular complexity index is 546. The Hall–Kier alpha value is -2.30. The normalized spacial score (nSPS) is 10.2. The van der Waals surface area contributed by atoms with Crippen molar-refractivity contribution in [3.05, 3.63) is 36.3 Å². The molecule has 0 radical (unpaired) electrons. The molecular weight excluding hydrogens is 244 g/mol.